The fraction of sp³-hybridized carbons (Fsp3) is 0.353. The molecule has 1 fully saturated rings. The third kappa shape index (κ3) is 2.30. The quantitative estimate of drug-likeness (QED) is 0.849. The largest absolute Gasteiger partial charge is 0.459 e. The van der Waals surface area contributed by atoms with Gasteiger partial charge in [-0.15, -0.1) is 0 Å². The zero-order chi connectivity index (χ0) is 15.8. The van der Waals surface area contributed by atoms with Crippen LogP contribution in [0.25, 0.3) is 0 Å². The van der Waals surface area contributed by atoms with Crippen molar-refractivity contribution in [2.75, 3.05) is 18.0 Å². The highest BCUT2D eigenvalue weighted by molar-refractivity contribution is 6.02. The Bertz CT molecular complexity index is 741. The highest BCUT2D eigenvalue weighted by Gasteiger charge is 2.39. The van der Waals surface area contributed by atoms with Gasteiger partial charge in [-0.2, -0.15) is 0 Å². The number of fused-ring (bicyclic) bond motifs is 1. The van der Waals surface area contributed by atoms with Crippen LogP contribution < -0.4 is 4.90 Å². The molecule has 2 aliphatic rings. The predicted octanol–water partition coefficient (Wildman–Crippen LogP) is 1.87. The molecule has 4 rings (SSSR count). The fourth-order valence-corrected chi connectivity index (χ4v) is 3.45. The van der Waals surface area contributed by atoms with Gasteiger partial charge in [0.15, 0.2) is 5.76 Å². The molecule has 1 saturated heterocycles. The minimum atomic E-state index is -0.410. The lowest BCUT2D eigenvalue weighted by Crippen LogP contribution is -2.47. The number of pyridine rings is 1. The van der Waals surface area contributed by atoms with Crippen molar-refractivity contribution in [2.24, 2.45) is 0 Å². The Hall–Kier alpha value is -2.63. The zero-order valence-electron chi connectivity index (χ0n) is 12.6. The van der Waals surface area contributed by atoms with Crippen molar-refractivity contribution in [3.63, 3.8) is 0 Å². The van der Waals surface area contributed by atoms with Gasteiger partial charge in [0.2, 0.25) is 5.91 Å². The van der Waals surface area contributed by atoms with E-state index in [1.54, 1.807) is 28.1 Å². The lowest BCUT2D eigenvalue weighted by molar-refractivity contribution is -0.122. The van der Waals surface area contributed by atoms with Crippen LogP contribution in [0, 0.1) is 0 Å². The number of rotatable bonds is 2. The molecular weight excluding hydrogens is 294 g/mol. The second-order valence-corrected chi connectivity index (χ2v) is 5.88. The summed E-state index contributed by atoms with van der Waals surface area (Å²) in [5.74, 6) is 0.0723. The van der Waals surface area contributed by atoms with Crippen molar-refractivity contribution in [1.82, 2.24) is 9.88 Å². The van der Waals surface area contributed by atoms with Crippen molar-refractivity contribution < 1.29 is 14.0 Å². The first-order valence-electron chi connectivity index (χ1n) is 7.84. The SMILES string of the molecule is O=C([C@@H]1CCCN1C(=O)c1ccco1)N1CCc2cnccc21. The second-order valence-electron chi connectivity index (χ2n) is 5.88. The normalized spacial score (nSPS) is 19.9. The molecule has 2 aromatic rings. The van der Waals surface area contributed by atoms with Gasteiger partial charge in [-0.1, -0.05) is 0 Å². The molecular formula is C17H17N3O3. The van der Waals surface area contributed by atoms with Crippen LogP contribution in [0.3, 0.4) is 0 Å². The van der Waals surface area contributed by atoms with E-state index < -0.39 is 6.04 Å². The summed E-state index contributed by atoms with van der Waals surface area (Å²) < 4.78 is 5.19. The number of likely N-dealkylation sites (tertiary alicyclic amines) is 1. The van der Waals surface area contributed by atoms with E-state index in [-0.39, 0.29) is 17.6 Å². The maximum Gasteiger partial charge on any atom is 0.290 e. The number of furan rings is 1. The van der Waals surface area contributed by atoms with E-state index in [1.807, 2.05) is 12.3 Å². The zero-order valence-corrected chi connectivity index (χ0v) is 12.6. The van der Waals surface area contributed by atoms with Gasteiger partial charge in [0.1, 0.15) is 6.04 Å². The van der Waals surface area contributed by atoms with Crippen molar-refractivity contribution in [2.45, 2.75) is 25.3 Å². The van der Waals surface area contributed by atoms with Gasteiger partial charge in [0.25, 0.3) is 5.91 Å². The van der Waals surface area contributed by atoms with E-state index in [0.29, 0.717) is 19.5 Å². The van der Waals surface area contributed by atoms with Crippen LogP contribution in [0.5, 0.6) is 0 Å². The first-order valence-corrected chi connectivity index (χ1v) is 7.84. The Morgan fingerprint density at radius 2 is 2.17 bits per heavy atom. The molecule has 118 valence electrons. The molecule has 23 heavy (non-hydrogen) atoms. The molecule has 0 spiro atoms. The molecule has 0 aromatic carbocycles. The van der Waals surface area contributed by atoms with E-state index >= 15 is 0 Å². The molecule has 0 unspecified atom stereocenters. The third-order valence-electron chi connectivity index (χ3n) is 4.57. The Labute approximate surface area is 133 Å². The van der Waals surface area contributed by atoms with Gasteiger partial charge >= 0.3 is 0 Å². The lowest BCUT2D eigenvalue weighted by atomic mass is 10.1. The Balaban J connectivity index is 1.58. The lowest BCUT2D eigenvalue weighted by Gasteiger charge is -2.27. The monoisotopic (exact) mass is 311 g/mol. The maximum atomic E-state index is 13.0. The number of anilines is 1. The molecule has 1 atom stereocenters. The Morgan fingerprint density at radius 3 is 3.00 bits per heavy atom. The van der Waals surface area contributed by atoms with Gasteiger partial charge < -0.3 is 14.2 Å². The Morgan fingerprint density at radius 1 is 1.26 bits per heavy atom. The topological polar surface area (TPSA) is 66.7 Å². The summed E-state index contributed by atoms with van der Waals surface area (Å²) >= 11 is 0. The number of hydrogen-bond donors (Lipinski definition) is 0. The molecule has 6 nitrogen and oxygen atoms in total. The van der Waals surface area contributed by atoms with Crippen LogP contribution in [0.15, 0.2) is 41.3 Å². The van der Waals surface area contributed by atoms with Crippen molar-refractivity contribution in [3.05, 3.63) is 48.2 Å². The second kappa shape index (κ2) is 5.53. The summed E-state index contributed by atoms with van der Waals surface area (Å²) in [6, 6.07) is 4.78. The fourth-order valence-electron chi connectivity index (χ4n) is 3.45. The molecule has 0 radical (unpaired) electrons. The molecule has 4 heterocycles. The first kappa shape index (κ1) is 14.0. The molecule has 2 amide bonds. The molecule has 0 N–H and O–H groups in total. The van der Waals surface area contributed by atoms with Gasteiger partial charge in [-0.3, -0.25) is 14.6 Å². The number of carbonyl (C=O) groups excluding carboxylic acids is 2. The first-order chi connectivity index (χ1) is 11.3. The molecule has 0 saturated carbocycles. The minimum Gasteiger partial charge on any atom is -0.459 e. The summed E-state index contributed by atoms with van der Waals surface area (Å²) in [5, 5.41) is 0. The molecule has 2 aliphatic heterocycles. The highest BCUT2D eigenvalue weighted by Crippen LogP contribution is 2.30. The number of carbonyl (C=O) groups is 2. The van der Waals surface area contributed by atoms with Gasteiger partial charge in [-0.25, -0.2) is 0 Å². The van der Waals surface area contributed by atoms with Crippen LogP contribution in [0.2, 0.25) is 0 Å². The van der Waals surface area contributed by atoms with E-state index in [1.165, 1.54) is 6.26 Å². The summed E-state index contributed by atoms with van der Waals surface area (Å²) in [5.41, 5.74) is 2.00. The maximum absolute atomic E-state index is 13.0. The third-order valence-corrected chi connectivity index (χ3v) is 4.57. The molecule has 6 heteroatoms. The average Bonchev–Trinajstić information content (AvgIpc) is 3.33. The average molecular weight is 311 g/mol. The standard InChI is InChI=1S/C17H17N3O3/c21-16(20-9-6-12-11-18-7-5-13(12)20)14-3-1-8-19(14)17(22)15-4-2-10-23-15/h2,4-5,7,10-11,14H,1,3,6,8-9H2/t14-/m0/s1. The van der Waals surface area contributed by atoms with E-state index in [2.05, 4.69) is 4.98 Å². The van der Waals surface area contributed by atoms with Gasteiger partial charge in [-0.05, 0) is 43.0 Å². The van der Waals surface area contributed by atoms with Gasteiger partial charge in [0.05, 0.1) is 12.0 Å². The summed E-state index contributed by atoms with van der Waals surface area (Å²) in [7, 11) is 0. The number of amides is 2. The van der Waals surface area contributed by atoms with Crippen molar-refractivity contribution in [3.8, 4) is 0 Å². The highest BCUT2D eigenvalue weighted by atomic mass is 16.3. The van der Waals surface area contributed by atoms with Crippen molar-refractivity contribution >= 4 is 17.5 Å². The summed E-state index contributed by atoms with van der Waals surface area (Å²) in [6.07, 6.45) is 7.33. The van der Waals surface area contributed by atoms with Gasteiger partial charge in [0, 0.05) is 25.5 Å². The molecule has 2 aromatic heterocycles. The number of hydrogen-bond acceptors (Lipinski definition) is 4. The van der Waals surface area contributed by atoms with E-state index in [0.717, 1.165) is 24.1 Å². The Kier molecular flexibility index (Phi) is 3.37. The summed E-state index contributed by atoms with van der Waals surface area (Å²) in [6.45, 7) is 1.24. The van der Waals surface area contributed by atoms with Crippen LogP contribution >= 0.6 is 0 Å². The predicted molar refractivity (Wildman–Crippen MR) is 83.1 cm³/mol. The van der Waals surface area contributed by atoms with E-state index in [4.69, 9.17) is 4.42 Å². The molecule has 0 aliphatic carbocycles. The number of aromatic nitrogens is 1. The van der Waals surface area contributed by atoms with E-state index in [9.17, 15) is 9.59 Å². The van der Waals surface area contributed by atoms with Crippen LogP contribution in [-0.2, 0) is 11.2 Å². The van der Waals surface area contributed by atoms with Crippen LogP contribution in [-0.4, -0.2) is 40.8 Å². The molecule has 0 bridgehead atoms. The smallest absolute Gasteiger partial charge is 0.290 e. The van der Waals surface area contributed by atoms with Crippen LogP contribution in [0.1, 0.15) is 29.0 Å². The van der Waals surface area contributed by atoms with Crippen molar-refractivity contribution in [1.29, 1.82) is 0 Å². The minimum absolute atomic E-state index is 0.00708. The summed E-state index contributed by atoms with van der Waals surface area (Å²) in [4.78, 5) is 33.0. The number of nitrogens with zero attached hydrogens (tertiary/aromatic N) is 3. The van der Waals surface area contributed by atoms with Crippen LogP contribution in [0.4, 0.5) is 5.69 Å².